The third-order valence-electron chi connectivity index (χ3n) is 23.2. The zero-order valence-electron chi connectivity index (χ0n) is 68.5. The highest BCUT2D eigenvalue weighted by molar-refractivity contribution is 7.91. The van der Waals surface area contributed by atoms with E-state index in [0.29, 0.717) is 79.4 Å². The number of fused-ring (bicyclic) bond motifs is 6. The zero-order chi connectivity index (χ0) is 86.0. The highest BCUT2D eigenvalue weighted by atomic mass is 32.2. The van der Waals surface area contributed by atoms with Gasteiger partial charge in [0.15, 0.2) is 17.3 Å². The molecule has 0 radical (unpaired) electrons. The molecule has 2 aliphatic carbocycles. The van der Waals surface area contributed by atoms with Crippen LogP contribution in [0.4, 0.5) is 0 Å². The highest BCUT2D eigenvalue weighted by Crippen LogP contribution is 2.58. The molecule has 0 amide bonds. The van der Waals surface area contributed by atoms with E-state index in [9.17, 15) is 31.2 Å². The first-order valence-corrected chi connectivity index (χ1v) is 43.8. The molecule has 17 aromatic carbocycles. The second-order valence-electron chi connectivity index (χ2n) is 31.0. The minimum Gasteiger partial charge on any atom is -0.497 e. The predicted octanol–water partition coefficient (Wildman–Crippen LogP) is 25.6. The number of rotatable bonds is 23. The summed E-state index contributed by atoms with van der Waals surface area (Å²) in [5.41, 5.74) is 19.3. The molecule has 0 spiro atoms. The van der Waals surface area contributed by atoms with E-state index in [1.807, 2.05) is 50.2 Å². The van der Waals surface area contributed by atoms with Gasteiger partial charge in [-0.1, -0.05) is 217 Å². The lowest BCUT2D eigenvalue weighted by atomic mass is 9.67. The Morgan fingerprint density at radius 1 is 0.216 bits per heavy atom. The maximum atomic E-state index is 13.9. The van der Waals surface area contributed by atoms with Crippen LogP contribution in [0.2, 0.25) is 0 Å². The Morgan fingerprint density at radius 3 is 0.672 bits per heavy atom. The van der Waals surface area contributed by atoms with Crippen LogP contribution in [0.1, 0.15) is 109 Å². The van der Waals surface area contributed by atoms with Crippen molar-refractivity contribution in [2.45, 2.75) is 51.2 Å². The van der Waals surface area contributed by atoms with Crippen LogP contribution in [-0.4, -0.2) is 41.3 Å². The lowest BCUT2D eigenvalue weighted by Crippen LogP contribution is -2.28. The monoisotopic (exact) mass is 1670 g/mol. The number of benzene rings is 17. The van der Waals surface area contributed by atoms with Crippen molar-refractivity contribution < 1.29 is 54.9 Å². The Morgan fingerprint density at radius 2 is 0.416 bits per heavy atom. The number of aryl methyl sites for hydroxylation is 3. The third kappa shape index (κ3) is 15.7. The van der Waals surface area contributed by atoms with Crippen LogP contribution in [0.25, 0.3) is 22.3 Å². The Hall–Kier alpha value is -15.4. The van der Waals surface area contributed by atoms with E-state index < -0.39 is 30.5 Å². The van der Waals surface area contributed by atoms with E-state index in [2.05, 4.69) is 165 Å². The van der Waals surface area contributed by atoms with Gasteiger partial charge in [0, 0.05) is 33.4 Å². The number of sulfone groups is 2. The summed E-state index contributed by atoms with van der Waals surface area (Å²) in [6, 6.07) is 129. The lowest BCUT2D eigenvalue weighted by Gasteiger charge is -2.34. The van der Waals surface area contributed by atoms with Crippen molar-refractivity contribution in [1.29, 1.82) is 0 Å². The molecule has 17 aromatic rings. The second kappa shape index (κ2) is 33.9. The molecule has 0 aromatic heterocycles. The topological polar surface area (TPSA) is 166 Å². The van der Waals surface area contributed by atoms with E-state index >= 15 is 0 Å². The van der Waals surface area contributed by atoms with E-state index in [1.54, 1.807) is 201 Å². The summed E-state index contributed by atoms with van der Waals surface area (Å²) in [7, 11) is -5.60. The largest absolute Gasteiger partial charge is 0.497 e. The van der Waals surface area contributed by atoms with Crippen molar-refractivity contribution in [3.8, 4) is 74.0 Å². The van der Waals surface area contributed by atoms with Gasteiger partial charge in [-0.05, 0) is 300 Å². The molecule has 2 aliphatic rings. The van der Waals surface area contributed by atoms with Gasteiger partial charge in [-0.2, -0.15) is 0 Å². The number of ketones is 3. The second-order valence-corrected chi connectivity index (χ2v) is 34.9. The van der Waals surface area contributed by atoms with Crippen LogP contribution >= 0.6 is 0 Å². The molecule has 0 unspecified atom stereocenters. The average Bonchev–Trinajstić information content (AvgIpc) is 1.55. The molecule has 19 rings (SSSR count). The SMILES string of the molecule is COc1ccc(C2(c3ccc(Oc4ccc(C(=O)c5cccc(C(=O)c6ccc(Oc7ccc(C8(c9ccc(C)cc9)c9ccccc9-c9ccccc98)cc7)cc6)c5)cc4)cc3)c3ccccc3-c3ccccc32)cc1.Cc1ccc(S(=O)(=O)c2ccc(Oc3ccc(C(=O)c4ccc(Oc5ccc(S(=O)(=O)c6ccc(C)cc6)cc5)cc4)cc3)cc2)cc1. The van der Waals surface area contributed by atoms with Gasteiger partial charge in [-0.3, -0.25) is 14.4 Å². The van der Waals surface area contributed by atoms with E-state index in [0.717, 1.165) is 33.6 Å². The molecule has 0 saturated heterocycles. The van der Waals surface area contributed by atoms with Crippen LogP contribution < -0.4 is 23.7 Å². The lowest BCUT2D eigenvalue weighted by molar-refractivity contribution is 0.102. The Labute approximate surface area is 726 Å². The summed E-state index contributed by atoms with van der Waals surface area (Å²) in [6.45, 7) is 5.91. The molecular formula is C111H80O12S2. The first-order chi connectivity index (χ1) is 60.8. The number of methoxy groups -OCH3 is 1. The smallest absolute Gasteiger partial charge is 0.206 e. The van der Waals surface area contributed by atoms with Crippen LogP contribution in [0, 0.1) is 20.8 Å². The summed E-state index contributed by atoms with van der Waals surface area (Å²) in [4.78, 5) is 41.7. The Bertz CT molecular complexity index is 6890. The van der Waals surface area contributed by atoms with E-state index in [1.165, 1.54) is 79.9 Å². The summed E-state index contributed by atoms with van der Waals surface area (Å²) in [5.74, 6) is 4.66. The van der Waals surface area contributed by atoms with Gasteiger partial charge >= 0.3 is 0 Å². The number of carbonyl (C=O) groups is 3. The molecule has 125 heavy (non-hydrogen) atoms. The molecule has 0 heterocycles. The summed E-state index contributed by atoms with van der Waals surface area (Å²) >= 11 is 0. The van der Waals surface area contributed by atoms with Gasteiger partial charge in [0.25, 0.3) is 0 Å². The van der Waals surface area contributed by atoms with Gasteiger partial charge in [-0.15, -0.1) is 0 Å². The molecule has 0 fully saturated rings. The molecule has 0 bridgehead atoms. The minimum absolute atomic E-state index is 0.165. The fourth-order valence-electron chi connectivity index (χ4n) is 16.9. The van der Waals surface area contributed by atoms with Crippen molar-refractivity contribution in [3.63, 3.8) is 0 Å². The predicted molar refractivity (Wildman–Crippen MR) is 488 cm³/mol. The van der Waals surface area contributed by atoms with Crippen molar-refractivity contribution in [2.75, 3.05) is 7.11 Å². The zero-order valence-corrected chi connectivity index (χ0v) is 70.1. The molecule has 0 aliphatic heterocycles. The minimum atomic E-state index is -3.64. The molecular weight excluding hydrogens is 1590 g/mol. The third-order valence-corrected chi connectivity index (χ3v) is 26.8. The summed E-state index contributed by atoms with van der Waals surface area (Å²) in [6.07, 6.45) is 0. The molecule has 12 nitrogen and oxygen atoms in total. The van der Waals surface area contributed by atoms with Crippen LogP contribution in [0.3, 0.4) is 0 Å². The fraction of sp³-hybridized carbons (Fsp3) is 0.0541. The van der Waals surface area contributed by atoms with E-state index in [-0.39, 0.29) is 36.9 Å². The Balaban J connectivity index is 0.000000190. The average molecular weight is 1670 g/mol. The molecule has 14 heteroatoms. The number of hydrogen-bond acceptors (Lipinski definition) is 12. The van der Waals surface area contributed by atoms with Crippen molar-refractivity contribution in [2.24, 2.45) is 0 Å². The standard InChI is InChI=1S/C72H50O5.C39H30O7S2/c1-47-22-28-52(29-23-47)71(65-18-7-3-14-61(65)62-15-4-8-19-66(62)71)54-32-42-59(43-33-54)76-57-36-24-48(25-37-57)69(73)50-12-11-13-51(46-50)70(74)49-26-38-58(39-27-49)77-60-44-34-55(35-45-60)72(53-30-40-56(75-2)41-31-53)67-20-9-5-16-63(67)64-17-6-10-21-68(64)72;1-27-3-19-35(20-4-27)47(41,42)37-23-15-33(16-24-37)45-31-11-7-29(8-12-31)39(40)30-9-13-32(14-10-30)46-34-17-25-38(26-18-34)48(43,44)36-21-5-28(2)6-22-36/h3-46H,1-2H3;3-26H,1-2H3. The first kappa shape index (κ1) is 80.7. The summed E-state index contributed by atoms with van der Waals surface area (Å²) < 4.78 is 81.8. The van der Waals surface area contributed by atoms with Gasteiger partial charge in [-0.25, -0.2) is 16.8 Å². The maximum Gasteiger partial charge on any atom is 0.206 e. The maximum absolute atomic E-state index is 13.9. The molecule has 0 saturated carbocycles. The first-order valence-electron chi connectivity index (χ1n) is 40.8. The van der Waals surface area contributed by atoms with E-state index in [4.69, 9.17) is 23.7 Å². The number of carbonyl (C=O) groups excluding carboxylic acids is 3. The fourth-order valence-corrected chi connectivity index (χ4v) is 19.4. The van der Waals surface area contributed by atoms with Crippen LogP contribution in [0.15, 0.2) is 432 Å². The number of hydrogen-bond donors (Lipinski definition) is 0. The number of ether oxygens (including phenoxy) is 5. The molecule has 0 N–H and O–H groups in total. The highest BCUT2D eigenvalue weighted by Gasteiger charge is 2.48. The van der Waals surface area contributed by atoms with Gasteiger partial charge in [0.05, 0.1) is 37.5 Å². The van der Waals surface area contributed by atoms with Crippen LogP contribution in [-0.2, 0) is 30.5 Å². The van der Waals surface area contributed by atoms with Crippen molar-refractivity contribution >= 4 is 37.0 Å². The summed E-state index contributed by atoms with van der Waals surface area (Å²) in [5, 5.41) is 0. The van der Waals surface area contributed by atoms with Gasteiger partial charge in [0.1, 0.15) is 51.7 Å². The quantitative estimate of drug-likeness (QED) is 0.0557. The molecule has 608 valence electrons. The normalized spacial score (nSPS) is 12.5. The van der Waals surface area contributed by atoms with Crippen molar-refractivity contribution in [3.05, 3.63) is 507 Å². The van der Waals surface area contributed by atoms with Crippen molar-refractivity contribution in [1.82, 2.24) is 0 Å². The molecule has 0 atom stereocenters. The Kier molecular flexibility index (Phi) is 21.9. The van der Waals surface area contributed by atoms with Gasteiger partial charge < -0.3 is 23.7 Å². The van der Waals surface area contributed by atoms with Crippen LogP contribution in [0.5, 0.6) is 51.7 Å². The van der Waals surface area contributed by atoms with Gasteiger partial charge in [0.2, 0.25) is 19.7 Å².